The van der Waals surface area contributed by atoms with Gasteiger partial charge in [-0.3, -0.25) is 4.79 Å². The molecule has 0 aromatic carbocycles. The molecule has 0 fully saturated rings. The van der Waals surface area contributed by atoms with Crippen molar-refractivity contribution in [2.75, 3.05) is 5.75 Å². The van der Waals surface area contributed by atoms with Gasteiger partial charge in [-0.2, -0.15) is 0 Å². The molecule has 18 heavy (non-hydrogen) atoms. The summed E-state index contributed by atoms with van der Waals surface area (Å²) in [5.41, 5.74) is 1.01. The molecule has 0 spiro atoms. The second kappa shape index (κ2) is 6.36. The predicted molar refractivity (Wildman–Crippen MR) is 78.5 cm³/mol. The molecule has 1 unspecified atom stereocenters. The van der Waals surface area contributed by atoms with Crippen molar-refractivity contribution in [2.45, 2.75) is 24.2 Å². The summed E-state index contributed by atoms with van der Waals surface area (Å²) < 4.78 is 0.950. The Kier molecular flexibility index (Phi) is 4.79. The smallest absolute Gasteiger partial charge is 0.230 e. The van der Waals surface area contributed by atoms with E-state index in [-0.39, 0.29) is 11.9 Å². The first-order valence-corrected chi connectivity index (χ1v) is 8.27. The van der Waals surface area contributed by atoms with E-state index in [1.165, 1.54) is 16.6 Å². The Balaban J connectivity index is 1.78. The Morgan fingerprint density at radius 2 is 2.39 bits per heavy atom. The zero-order valence-electron chi connectivity index (χ0n) is 10.2. The van der Waals surface area contributed by atoms with Gasteiger partial charge in [-0.15, -0.1) is 22.7 Å². The van der Waals surface area contributed by atoms with Crippen LogP contribution in [0, 0.1) is 6.92 Å². The minimum atomic E-state index is 0.0498. The van der Waals surface area contributed by atoms with Crippen LogP contribution in [0.15, 0.2) is 27.2 Å². The SMILES string of the molecule is Cc1csc(SCC(=O)NC(C)c2cccs2)n1. The number of thiazole rings is 1. The first kappa shape index (κ1) is 13.6. The fourth-order valence-electron chi connectivity index (χ4n) is 1.42. The molecule has 6 heteroatoms. The first-order chi connectivity index (χ1) is 8.65. The van der Waals surface area contributed by atoms with E-state index >= 15 is 0 Å². The number of nitrogens with zero attached hydrogens (tertiary/aromatic N) is 1. The molecule has 0 saturated heterocycles. The predicted octanol–water partition coefficient (Wildman–Crippen LogP) is 3.48. The second-order valence-electron chi connectivity index (χ2n) is 3.85. The third-order valence-electron chi connectivity index (χ3n) is 2.27. The summed E-state index contributed by atoms with van der Waals surface area (Å²) in [6, 6.07) is 4.11. The lowest BCUT2D eigenvalue weighted by atomic mass is 10.3. The van der Waals surface area contributed by atoms with Crippen molar-refractivity contribution in [3.63, 3.8) is 0 Å². The van der Waals surface area contributed by atoms with Crippen molar-refractivity contribution in [2.24, 2.45) is 0 Å². The third-order valence-corrected chi connectivity index (χ3v) is 5.47. The molecule has 1 amide bonds. The van der Waals surface area contributed by atoms with E-state index in [4.69, 9.17) is 0 Å². The summed E-state index contributed by atoms with van der Waals surface area (Å²) in [6.45, 7) is 3.96. The van der Waals surface area contributed by atoms with Gasteiger partial charge in [0.05, 0.1) is 11.8 Å². The minimum Gasteiger partial charge on any atom is -0.348 e. The maximum Gasteiger partial charge on any atom is 0.230 e. The lowest BCUT2D eigenvalue weighted by molar-refractivity contribution is -0.119. The molecule has 0 aliphatic rings. The van der Waals surface area contributed by atoms with Crippen LogP contribution in [-0.4, -0.2) is 16.6 Å². The highest BCUT2D eigenvalue weighted by molar-refractivity contribution is 8.01. The summed E-state index contributed by atoms with van der Waals surface area (Å²) >= 11 is 4.73. The van der Waals surface area contributed by atoms with Gasteiger partial charge in [0.15, 0.2) is 4.34 Å². The van der Waals surface area contributed by atoms with Crippen molar-refractivity contribution in [3.8, 4) is 0 Å². The highest BCUT2D eigenvalue weighted by atomic mass is 32.2. The second-order valence-corrected chi connectivity index (χ2v) is 6.91. The average Bonchev–Trinajstić information content (AvgIpc) is 2.97. The number of nitrogens with one attached hydrogen (secondary N) is 1. The molecule has 0 bridgehead atoms. The van der Waals surface area contributed by atoms with E-state index in [1.54, 1.807) is 22.7 Å². The maximum atomic E-state index is 11.8. The zero-order chi connectivity index (χ0) is 13.0. The van der Waals surface area contributed by atoms with E-state index < -0.39 is 0 Å². The van der Waals surface area contributed by atoms with Crippen LogP contribution in [0.2, 0.25) is 0 Å². The molecule has 3 nitrogen and oxygen atoms in total. The number of thiophene rings is 1. The van der Waals surface area contributed by atoms with Crippen LogP contribution in [0.1, 0.15) is 23.5 Å². The van der Waals surface area contributed by atoms with Crippen LogP contribution in [0.4, 0.5) is 0 Å². The van der Waals surface area contributed by atoms with Gasteiger partial charge < -0.3 is 5.32 Å². The maximum absolute atomic E-state index is 11.8. The van der Waals surface area contributed by atoms with Crippen molar-refractivity contribution < 1.29 is 4.79 Å². The highest BCUT2D eigenvalue weighted by Gasteiger charge is 2.11. The molecule has 0 radical (unpaired) electrons. The van der Waals surface area contributed by atoms with Crippen LogP contribution < -0.4 is 5.32 Å². The summed E-state index contributed by atoms with van der Waals surface area (Å²) in [4.78, 5) is 17.3. The molecular formula is C12H14N2OS3. The third kappa shape index (κ3) is 3.83. The molecule has 1 atom stereocenters. The van der Waals surface area contributed by atoms with Gasteiger partial charge in [-0.1, -0.05) is 17.8 Å². The van der Waals surface area contributed by atoms with Crippen LogP contribution in [0.3, 0.4) is 0 Å². The number of aryl methyl sites for hydroxylation is 1. The minimum absolute atomic E-state index is 0.0498. The normalized spacial score (nSPS) is 12.3. The molecule has 0 aliphatic heterocycles. The van der Waals surface area contributed by atoms with Crippen molar-refractivity contribution in [3.05, 3.63) is 33.5 Å². The molecule has 1 N–H and O–H groups in total. The quantitative estimate of drug-likeness (QED) is 0.859. The van der Waals surface area contributed by atoms with Crippen molar-refractivity contribution in [1.29, 1.82) is 0 Å². The molecule has 2 rings (SSSR count). The summed E-state index contributed by atoms with van der Waals surface area (Å²) in [5, 5.41) is 7.00. The molecule has 2 heterocycles. The number of hydrogen-bond acceptors (Lipinski definition) is 5. The molecule has 2 aromatic rings. The number of hydrogen-bond donors (Lipinski definition) is 1. The van der Waals surface area contributed by atoms with Crippen molar-refractivity contribution in [1.82, 2.24) is 10.3 Å². The monoisotopic (exact) mass is 298 g/mol. The zero-order valence-corrected chi connectivity index (χ0v) is 12.6. The Bertz CT molecular complexity index is 507. The van der Waals surface area contributed by atoms with Crippen LogP contribution in [-0.2, 0) is 4.79 Å². The number of carbonyl (C=O) groups is 1. The molecule has 0 aliphatic carbocycles. The van der Waals surface area contributed by atoms with E-state index in [9.17, 15) is 4.79 Å². The standard InChI is InChI=1S/C12H14N2OS3/c1-8-6-17-12(13-8)18-7-11(15)14-9(2)10-4-3-5-16-10/h3-6,9H,7H2,1-2H3,(H,14,15). The van der Waals surface area contributed by atoms with Crippen LogP contribution >= 0.6 is 34.4 Å². The molecular weight excluding hydrogens is 284 g/mol. The van der Waals surface area contributed by atoms with Gasteiger partial charge in [0.2, 0.25) is 5.91 Å². The van der Waals surface area contributed by atoms with E-state index in [0.717, 1.165) is 10.0 Å². The van der Waals surface area contributed by atoms with Gasteiger partial charge in [0.25, 0.3) is 0 Å². The average molecular weight is 298 g/mol. The largest absolute Gasteiger partial charge is 0.348 e. The van der Waals surface area contributed by atoms with Gasteiger partial charge in [0.1, 0.15) is 0 Å². The molecule has 0 saturated carbocycles. The van der Waals surface area contributed by atoms with Gasteiger partial charge in [-0.05, 0) is 25.3 Å². The lowest BCUT2D eigenvalue weighted by Crippen LogP contribution is -2.27. The van der Waals surface area contributed by atoms with E-state index in [2.05, 4.69) is 10.3 Å². The Morgan fingerprint density at radius 3 is 3.00 bits per heavy atom. The van der Waals surface area contributed by atoms with Crippen LogP contribution in [0.5, 0.6) is 0 Å². The van der Waals surface area contributed by atoms with Gasteiger partial charge in [-0.25, -0.2) is 4.98 Å². The number of thioether (sulfide) groups is 1. The number of amides is 1. The Hall–Kier alpha value is -0.850. The number of aromatic nitrogens is 1. The number of rotatable bonds is 5. The first-order valence-electron chi connectivity index (χ1n) is 5.53. The summed E-state index contributed by atoms with van der Waals surface area (Å²) in [5.74, 6) is 0.469. The van der Waals surface area contributed by atoms with E-state index in [1.807, 2.05) is 36.7 Å². The summed E-state index contributed by atoms with van der Waals surface area (Å²) in [6.07, 6.45) is 0. The summed E-state index contributed by atoms with van der Waals surface area (Å²) in [7, 11) is 0. The van der Waals surface area contributed by atoms with Gasteiger partial charge in [0, 0.05) is 16.0 Å². The number of carbonyl (C=O) groups excluding carboxylic acids is 1. The highest BCUT2D eigenvalue weighted by Crippen LogP contribution is 2.23. The lowest BCUT2D eigenvalue weighted by Gasteiger charge is -2.11. The topological polar surface area (TPSA) is 42.0 Å². The molecule has 96 valence electrons. The van der Waals surface area contributed by atoms with Crippen LogP contribution in [0.25, 0.3) is 0 Å². The van der Waals surface area contributed by atoms with Crippen molar-refractivity contribution >= 4 is 40.3 Å². The Morgan fingerprint density at radius 1 is 1.56 bits per heavy atom. The van der Waals surface area contributed by atoms with Gasteiger partial charge >= 0.3 is 0 Å². The molecule has 2 aromatic heterocycles. The fraction of sp³-hybridized carbons (Fsp3) is 0.333. The Labute approximate surface area is 119 Å². The van der Waals surface area contributed by atoms with E-state index in [0.29, 0.717) is 5.75 Å². The fourth-order valence-corrected chi connectivity index (χ4v) is 3.81.